The third kappa shape index (κ3) is 13.2. The van der Waals surface area contributed by atoms with Crippen molar-refractivity contribution in [1.82, 2.24) is 35.7 Å². The largest absolute Gasteiger partial charge is 0.480 e. The molecule has 0 aliphatic carbocycles. The van der Waals surface area contributed by atoms with E-state index in [1.807, 2.05) is 0 Å². The van der Waals surface area contributed by atoms with Gasteiger partial charge in [0.2, 0.25) is 23.9 Å². The molecule has 0 bridgehead atoms. The van der Waals surface area contributed by atoms with E-state index in [4.69, 9.17) is 22.1 Å². The lowest BCUT2D eigenvalue weighted by Crippen LogP contribution is -2.62. The number of ether oxygens (including phenoxy) is 1. The molecule has 1 aromatic heterocycles. The summed E-state index contributed by atoms with van der Waals surface area (Å²) in [5.74, 6) is -3.10. The van der Waals surface area contributed by atoms with Crippen LogP contribution in [0.2, 0.25) is 5.02 Å². The van der Waals surface area contributed by atoms with E-state index < -0.39 is 83.5 Å². The van der Waals surface area contributed by atoms with Gasteiger partial charge in [-0.05, 0) is 61.1 Å². The van der Waals surface area contributed by atoms with Crippen molar-refractivity contribution in [3.05, 3.63) is 114 Å². The lowest BCUT2D eigenvalue weighted by molar-refractivity contribution is -0.139. The highest BCUT2D eigenvalue weighted by molar-refractivity contribution is 9.10. The van der Waals surface area contributed by atoms with E-state index in [1.54, 1.807) is 54.8 Å². The number of aliphatic hydroxyl groups excluding tert-OH is 1. The number of benzene rings is 2. The zero-order chi connectivity index (χ0) is 43.4. The number of aromatic amines is 1. The first-order valence-electron chi connectivity index (χ1n) is 18.2. The predicted octanol–water partition coefficient (Wildman–Crippen LogP) is 1.21. The van der Waals surface area contributed by atoms with Crippen molar-refractivity contribution in [2.75, 3.05) is 19.1 Å². The number of carboxylic acids is 1. The van der Waals surface area contributed by atoms with E-state index in [0.29, 0.717) is 26.4 Å². The first-order valence-corrected chi connectivity index (χ1v) is 20.8. The summed E-state index contributed by atoms with van der Waals surface area (Å²) >= 11 is 10.9. The second-order valence-corrected chi connectivity index (χ2v) is 15.9. The molecular formula is C38H46BrClN8O10S. The van der Waals surface area contributed by atoms with Gasteiger partial charge in [-0.3, -0.25) is 28.7 Å². The molecule has 2 aromatic carbocycles. The summed E-state index contributed by atoms with van der Waals surface area (Å²) in [6, 6.07) is 7.61. The normalized spacial score (nSPS) is 18.1. The van der Waals surface area contributed by atoms with Crippen molar-refractivity contribution >= 4 is 69.0 Å². The molecule has 1 aliphatic rings. The standard InChI is InChI=1S/C38H46BrClN8O10S/c1-20(47(2)34(53)26(41)16-21-7-6-9-23(40)15-21)31(33(52)42-19-24-18-29(49)35(58-24)48-13-11-30(50)45-38(48)57)46-32(51)27(12-14-59-3)43-37(56)44-28(36(54)55)17-22-8-4-5-10-25(22)39/h4-11,13,15,19-20,26-29,31,35,49H,12,14,16-18,41H2,1-3H3,(H,42,52)(H,46,51)(H,54,55)(H2,43,44,56)(H,45,50,57). The van der Waals surface area contributed by atoms with Crippen LogP contribution < -0.4 is 38.2 Å². The van der Waals surface area contributed by atoms with Crippen molar-refractivity contribution in [2.24, 2.45) is 5.73 Å². The van der Waals surface area contributed by atoms with Gasteiger partial charge in [-0.1, -0.05) is 57.9 Å². The number of urea groups is 1. The van der Waals surface area contributed by atoms with E-state index in [0.717, 1.165) is 23.0 Å². The Bertz CT molecular complexity index is 2150. The number of hydrogen-bond acceptors (Lipinski definition) is 11. The Morgan fingerprint density at radius 3 is 2.44 bits per heavy atom. The summed E-state index contributed by atoms with van der Waals surface area (Å²) in [6.07, 6.45) is 1.57. The van der Waals surface area contributed by atoms with Crippen LogP contribution >= 0.6 is 39.3 Å². The second kappa shape index (κ2) is 21.7. The van der Waals surface area contributed by atoms with Crippen LogP contribution in [0.25, 0.3) is 0 Å². The zero-order valence-corrected chi connectivity index (χ0v) is 35.4. The number of halogens is 2. The molecule has 318 valence electrons. The minimum atomic E-state index is -1.49. The number of carbonyl (C=O) groups is 5. The maximum atomic E-state index is 14.0. The van der Waals surface area contributed by atoms with Crippen LogP contribution in [-0.4, -0.2) is 110 Å². The van der Waals surface area contributed by atoms with Crippen LogP contribution in [0.3, 0.4) is 0 Å². The second-order valence-electron chi connectivity index (χ2n) is 13.7. The first-order chi connectivity index (χ1) is 28.0. The third-order valence-electron chi connectivity index (χ3n) is 9.41. The Kier molecular flexibility index (Phi) is 17.1. The van der Waals surface area contributed by atoms with Crippen LogP contribution in [0.4, 0.5) is 4.79 Å². The average Bonchev–Trinajstić information content (AvgIpc) is 3.56. The SMILES string of the molecule is CSCCC(NC(=O)NC(Cc1ccccc1Br)C(=O)O)C(=O)NC(C(=O)NC=C1CC(O)C(n2ccc(=O)[nH]c2=O)O1)C(C)N(C)C(=O)C(N)Cc1cccc(Cl)c1. The summed E-state index contributed by atoms with van der Waals surface area (Å²) in [7, 11) is 1.41. The van der Waals surface area contributed by atoms with E-state index in [-0.39, 0.29) is 31.4 Å². The monoisotopic (exact) mass is 920 g/mol. The Hall–Kier alpha value is -5.15. The Labute approximate surface area is 356 Å². The first kappa shape index (κ1) is 46.5. The quantitative estimate of drug-likeness (QED) is 0.0896. The molecule has 2 heterocycles. The van der Waals surface area contributed by atoms with Gasteiger partial charge in [0.05, 0.1) is 12.1 Å². The van der Waals surface area contributed by atoms with E-state index in [1.165, 1.54) is 30.6 Å². The van der Waals surface area contributed by atoms with E-state index >= 15 is 0 Å². The van der Waals surface area contributed by atoms with Crippen molar-refractivity contribution < 1.29 is 38.9 Å². The van der Waals surface area contributed by atoms with Crippen molar-refractivity contribution in [2.45, 2.75) is 75.1 Å². The number of nitrogens with two attached hydrogens (primary N) is 1. The fraction of sp³-hybridized carbons (Fsp3) is 0.395. The van der Waals surface area contributed by atoms with Crippen LogP contribution in [0, 0.1) is 0 Å². The molecule has 1 aliphatic heterocycles. The number of likely N-dealkylation sites (N-methyl/N-ethyl adjacent to an activating group) is 1. The van der Waals surface area contributed by atoms with E-state index in [9.17, 15) is 43.8 Å². The summed E-state index contributed by atoms with van der Waals surface area (Å²) in [5, 5.41) is 31.1. The highest BCUT2D eigenvalue weighted by Gasteiger charge is 2.37. The van der Waals surface area contributed by atoms with Crippen molar-refractivity contribution in [1.29, 1.82) is 0 Å². The number of aromatic nitrogens is 2. The van der Waals surface area contributed by atoms with Gasteiger partial charge in [-0.15, -0.1) is 0 Å². The van der Waals surface area contributed by atoms with Crippen molar-refractivity contribution in [3.8, 4) is 0 Å². The summed E-state index contributed by atoms with van der Waals surface area (Å²) in [5.41, 5.74) is 6.15. The molecule has 9 N–H and O–H groups in total. The number of aliphatic carboxylic acids is 1. The fourth-order valence-electron chi connectivity index (χ4n) is 6.09. The number of thioether (sulfide) groups is 1. The summed E-state index contributed by atoms with van der Waals surface area (Å²) in [4.78, 5) is 94.1. The number of amides is 5. The molecule has 0 saturated carbocycles. The number of aliphatic hydroxyl groups is 1. The Morgan fingerprint density at radius 1 is 1.07 bits per heavy atom. The molecule has 18 nitrogen and oxygen atoms in total. The highest BCUT2D eigenvalue weighted by Crippen LogP contribution is 2.30. The highest BCUT2D eigenvalue weighted by atomic mass is 79.9. The van der Waals surface area contributed by atoms with Gasteiger partial charge in [0, 0.05) is 47.8 Å². The van der Waals surface area contributed by atoms with Crippen LogP contribution in [0.5, 0.6) is 0 Å². The zero-order valence-electron chi connectivity index (χ0n) is 32.2. The molecule has 1 fully saturated rings. The lowest BCUT2D eigenvalue weighted by Gasteiger charge is -2.34. The number of hydrogen-bond donors (Lipinski definition) is 8. The maximum Gasteiger partial charge on any atom is 0.331 e. The Balaban J connectivity index is 1.55. The molecule has 21 heteroatoms. The Morgan fingerprint density at radius 2 is 1.78 bits per heavy atom. The third-order valence-corrected chi connectivity index (χ3v) is 11.1. The van der Waals surface area contributed by atoms with Crippen molar-refractivity contribution in [3.63, 3.8) is 0 Å². The molecular weight excluding hydrogens is 876 g/mol. The molecule has 0 radical (unpaired) electrons. The average molecular weight is 922 g/mol. The minimum Gasteiger partial charge on any atom is -0.480 e. The van der Waals surface area contributed by atoms with Gasteiger partial charge in [0.15, 0.2) is 0 Å². The molecule has 59 heavy (non-hydrogen) atoms. The number of H-pyrrole nitrogens is 1. The maximum absolute atomic E-state index is 14.0. The fourth-order valence-corrected chi connectivity index (χ4v) is 7.22. The number of carboxylic acid groups (broad SMARTS) is 1. The molecule has 1 saturated heterocycles. The van der Waals surface area contributed by atoms with Gasteiger partial charge >= 0.3 is 17.7 Å². The van der Waals surface area contributed by atoms with Crippen LogP contribution in [0.15, 0.2) is 86.8 Å². The van der Waals surface area contributed by atoms with Crippen LogP contribution in [-0.2, 0) is 36.8 Å². The number of nitrogens with zero attached hydrogens (tertiary/aromatic N) is 2. The summed E-state index contributed by atoms with van der Waals surface area (Å²) in [6.45, 7) is 1.51. The van der Waals surface area contributed by atoms with Gasteiger partial charge in [-0.2, -0.15) is 11.8 Å². The molecule has 0 spiro atoms. The molecule has 4 rings (SSSR count). The van der Waals surface area contributed by atoms with Crippen LogP contribution in [0.1, 0.15) is 37.1 Å². The number of carbonyl (C=O) groups excluding carboxylic acids is 4. The molecule has 7 atom stereocenters. The van der Waals surface area contributed by atoms with Gasteiger partial charge in [0.25, 0.3) is 5.56 Å². The van der Waals surface area contributed by atoms with Gasteiger partial charge in [-0.25, -0.2) is 14.4 Å². The van der Waals surface area contributed by atoms with Gasteiger partial charge in [0.1, 0.15) is 30.0 Å². The topological polar surface area (TPSA) is 267 Å². The minimum absolute atomic E-state index is 0.0476. The number of nitrogens with one attached hydrogen (secondary N) is 5. The molecule has 5 amide bonds. The summed E-state index contributed by atoms with van der Waals surface area (Å²) < 4.78 is 7.33. The smallest absolute Gasteiger partial charge is 0.331 e. The van der Waals surface area contributed by atoms with E-state index in [2.05, 4.69) is 42.2 Å². The number of rotatable bonds is 18. The molecule has 7 unspecified atom stereocenters. The molecule has 3 aromatic rings. The predicted molar refractivity (Wildman–Crippen MR) is 223 cm³/mol. The van der Waals surface area contributed by atoms with Gasteiger partial charge < -0.3 is 46.9 Å². The lowest BCUT2D eigenvalue weighted by atomic mass is 10.0.